The highest BCUT2D eigenvalue weighted by molar-refractivity contribution is 7.99. The van der Waals surface area contributed by atoms with Crippen LogP contribution in [0, 0.1) is 0 Å². The third-order valence-corrected chi connectivity index (χ3v) is 4.33. The predicted octanol–water partition coefficient (Wildman–Crippen LogP) is 1.19. The Kier molecular flexibility index (Phi) is 3.79. The van der Waals surface area contributed by atoms with Crippen LogP contribution in [0.15, 0.2) is 29.1 Å². The minimum atomic E-state index is -0.0532. The van der Waals surface area contributed by atoms with Gasteiger partial charge in [-0.25, -0.2) is 0 Å². The van der Waals surface area contributed by atoms with E-state index in [9.17, 15) is 4.79 Å². The van der Waals surface area contributed by atoms with E-state index < -0.39 is 0 Å². The Bertz CT molecular complexity index is 619. The molecular weight excluding hydrogens is 260 g/mol. The van der Waals surface area contributed by atoms with Crippen molar-refractivity contribution in [2.75, 3.05) is 24.6 Å². The Balaban J connectivity index is 1.88. The zero-order chi connectivity index (χ0) is 13.1. The maximum atomic E-state index is 12.3. The van der Waals surface area contributed by atoms with Crippen molar-refractivity contribution in [3.05, 3.63) is 34.6 Å². The molecule has 0 N–H and O–H groups in total. The number of nitrogens with zero attached hydrogens (tertiary/aromatic N) is 4. The van der Waals surface area contributed by atoms with Gasteiger partial charge in [0.2, 0.25) is 0 Å². The number of benzene rings is 1. The molecular formula is C13H16N4OS. The number of hydrogen-bond acceptors (Lipinski definition) is 5. The zero-order valence-electron chi connectivity index (χ0n) is 10.7. The maximum absolute atomic E-state index is 12.3. The number of aromatic nitrogens is 3. The highest BCUT2D eigenvalue weighted by Crippen LogP contribution is 2.10. The van der Waals surface area contributed by atoms with Gasteiger partial charge in [0.05, 0.1) is 12.1 Å². The number of hydrogen-bond donors (Lipinski definition) is 0. The van der Waals surface area contributed by atoms with Crippen LogP contribution in [0.3, 0.4) is 0 Å². The highest BCUT2D eigenvalue weighted by atomic mass is 32.2. The molecule has 1 aliphatic rings. The second-order valence-corrected chi connectivity index (χ2v) is 5.86. The van der Waals surface area contributed by atoms with Gasteiger partial charge in [0.25, 0.3) is 5.56 Å². The third-order valence-electron chi connectivity index (χ3n) is 3.28. The summed E-state index contributed by atoms with van der Waals surface area (Å²) < 4.78 is 1.47. The van der Waals surface area contributed by atoms with Crippen LogP contribution in [0.2, 0.25) is 0 Å². The molecule has 0 atom stereocenters. The molecule has 1 aromatic carbocycles. The van der Waals surface area contributed by atoms with Crippen molar-refractivity contribution in [1.29, 1.82) is 0 Å². The lowest BCUT2D eigenvalue weighted by Crippen LogP contribution is -2.35. The first-order valence-corrected chi connectivity index (χ1v) is 7.63. The van der Waals surface area contributed by atoms with Crippen LogP contribution in [0.25, 0.3) is 10.9 Å². The van der Waals surface area contributed by atoms with Gasteiger partial charge in [-0.15, -0.1) is 5.10 Å². The summed E-state index contributed by atoms with van der Waals surface area (Å²) in [5, 5.41) is 8.79. The fourth-order valence-corrected chi connectivity index (χ4v) is 3.17. The lowest BCUT2D eigenvalue weighted by molar-refractivity contribution is 0.215. The molecule has 1 fully saturated rings. The van der Waals surface area contributed by atoms with Crippen LogP contribution < -0.4 is 5.56 Å². The summed E-state index contributed by atoms with van der Waals surface area (Å²) in [6.45, 7) is 2.57. The predicted molar refractivity (Wildman–Crippen MR) is 77.3 cm³/mol. The average molecular weight is 276 g/mol. The average Bonchev–Trinajstić information content (AvgIpc) is 2.71. The van der Waals surface area contributed by atoms with Crippen LogP contribution in [0.4, 0.5) is 0 Å². The Hall–Kier alpha value is -1.40. The molecule has 0 saturated carbocycles. The van der Waals surface area contributed by atoms with Gasteiger partial charge in [-0.3, -0.25) is 9.69 Å². The van der Waals surface area contributed by atoms with E-state index in [1.54, 1.807) is 6.07 Å². The number of thioether (sulfide) groups is 1. The molecule has 19 heavy (non-hydrogen) atoms. The molecule has 0 radical (unpaired) electrons. The van der Waals surface area contributed by atoms with Gasteiger partial charge >= 0.3 is 0 Å². The van der Waals surface area contributed by atoms with Gasteiger partial charge < -0.3 is 0 Å². The van der Waals surface area contributed by atoms with Gasteiger partial charge in [-0.1, -0.05) is 17.3 Å². The van der Waals surface area contributed by atoms with E-state index in [2.05, 4.69) is 15.2 Å². The first-order valence-electron chi connectivity index (χ1n) is 6.47. The van der Waals surface area contributed by atoms with Gasteiger partial charge in [0, 0.05) is 18.8 Å². The van der Waals surface area contributed by atoms with Gasteiger partial charge in [0.1, 0.15) is 5.52 Å². The second kappa shape index (κ2) is 5.71. The number of fused-ring (bicyclic) bond motifs is 1. The van der Waals surface area contributed by atoms with E-state index in [1.165, 1.54) is 16.9 Å². The standard InChI is InChI=1S/C13H16N4OS/c18-13-11-4-1-2-5-12(11)14-15-17(13)10-16-6-3-8-19-9-7-16/h1-2,4-5H,3,6-10H2. The van der Waals surface area contributed by atoms with Crippen molar-refractivity contribution >= 4 is 22.7 Å². The van der Waals surface area contributed by atoms with E-state index >= 15 is 0 Å². The van der Waals surface area contributed by atoms with Gasteiger partial charge in [-0.2, -0.15) is 16.4 Å². The monoisotopic (exact) mass is 276 g/mol. The molecule has 0 spiro atoms. The fourth-order valence-electron chi connectivity index (χ4n) is 2.24. The summed E-state index contributed by atoms with van der Waals surface area (Å²) in [7, 11) is 0. The zero-order valence-corrected chi connectivity index (χ0v) is 11.5. The van der Waals surface area contributed by atoms with E-state index in [0.29, 0.717) is 17.6 Å². The molecule has 2 aromatic rings. The minimum absolute atomic E-state index is 0.0532. The van der Waals surface area contributed by atoms with Gasteiger partial charge in [-0.05, 0) is 24.3 Å². The van der Waals surface area contributed by atoms with Crippen molar-refractivity contribution < 1.29 is 0 Å². The highest BCUT2D eigenvalue weighted by Gasteiger charge is 2.12. The lowest BCUT2D eigenvalue weighted by Gasteiger charge is -2.19. The summed E-state index contributed by atoms with van der Waals surface area (Å²) in [6.07, 6.45) is 1.17. The smallest absolute Gasteiger partial charge is 0.278 e. The normalized spacial score (nSPS) is 17.5. The van der Waals surface area contributed by atoms with Crippen LogP contribution in [0.5, 0.6) is 0 Å². The van der Waals surface area contributed by atoms with E-state index in [1.807, 2.05) is 30.0 Å². The second-order valence-electron chi connectivity index (χ2n) is 4.64. The first kappa shape index (κ1) is 12.6. The van der Waals surface area contributed by atoms with Crippen molar-refractivity contribution in [3.8, 4) is 0 Å². The molecule has 0 unspecified atom stereocenters. The molecule has 2 heterocycles. The molecule has 100 valence electrons. The van der Waals surface area contributed by atoms with Crippen molar-refractivity contribution in [3.63, 3.8) is 0 Å². The fraction of sp³-hybridized carbons (Fsp3) is 0.462. The van der Waals surface area contributed by atoms with Crippen LogP contribution >= 0.6 is 11.8 Å². The van der Waals surface area contributed by atoms with Crippen molar-refractivity contribution in [2.24, 2.45) is 0 Å². The Morgan fingerprint density at radius 3 is 3.05 bits per heavy atom. The molecule has 1 aliphatic heterocycles. The minimum Gasteiger partial charge on any atom is -0.283 e. The molecule has 1 saturated heterocycles. The van der Waals surface area contributed by atoms with Crippen molar-refractivity contribution in [1.82, 2.24) is 19.9 Å². The van der Waals surface area contributed by atoms with Crippen LogP contribution in [-0.4, -0.2) is 44.5 Å². The van der Waals surface area contributed by atoms with Crippen molar-refractivity contribution in [2.45, 2.75) is 13.1 Å². The molecule has 6 heteroatoms. The summed E-state index contributed by atoms with van der Waals surface area (Å²) >= 11 is 1.97. The molecule has 5 nitrogen and oxygen atoms in total. The molecule has 0 aliphatic carbocycles. The summed E-state index contributed by atoms with van der Waals surface area (Å²) in [4.78, 5) is 14.6. The molecule has 1 aromatic heterocycles. The number of rotatable bonds is 2. The van der Waals surface area contributed by atoms with Gasteiger partial charge in [0.15, 0.2) is 0 Å². The van der Waals surface area contributed by atoms with E-state index in [0.717, 1.165) is 18.8 Å². The van der Waals surface area contributed by atoms with Crippen LogP contribution in [0.1, 0.15) is 6.42 Å². The summed E-state index contributed by atoms with van der Waals surface area (Å²) in [5.41, 5.74) is 0.609. The first-order chi connectivity index (χ1) is 9.34. The lowest BCUT2D eigenvalue weighted by atomic mass is 10.2. The summed E-state index contributed by atoms with van der Waals surface area (Å²) in [5.74, 6) is 2.32. The molecule has 3 rings (SSSR count). The Morgan fingerprint density at radius 2 is 2.11 bits per heavy atom. The third kappa shape index (κ3) is 2.79. The molecule has 0 bridgehead atoms. The largest absolute Gasteiger partial charge is 0.283 e. The molecule has 0 amide bonds. The SMILES string of the molecule is O=c1c2ccccc2nnn1CN1CCCSCC1. The summed E-state index contributed by atoms with van der Waals surface area (Å²) in [6, 6.07) is 7.35. The Labute approximate surface area is 115 Å². The van der Waals surface area contributed by atoms with Crippen LogP contribution in [-0.2, 0) is 6.67 Å². The van der Waals surface area contributed by atoms with E-state index in [-0.39, 0.29) is 5.56 Å². The topological polar surface area (TPSA) is 51.0 Å². The van der Waals surface area contributed by atoms with E-state index in [4.69, 9.17) is 0 Å². The quantitative estimate of drug-likeness (QED) is 0.824. The maximum Gasteiger partial charge on any atom is 0.278 e. The Morgan fingerprint density at radius 1 is 1.21 bits per heavy atom.